The van der Waals surface area contributed by atoms with Gasteiger partial charge in [-0.1, -0.05) is 36.7 Å². The van der Waals surface area contributed by atoms with Crippen molar-refractivity contribution in [2.45, 2.75) is 52.7 Å². The van der Waals surface area contributed by atoms with Crippen LogP contribution in [-0.4, -0.2) is 25.4 Å². The molecule has 1 aliphatic rings. The van der Waals surface area contributed by atoms with Gasteiger partial charge in [-0.15, -0.1) is 0 Å². The van der Waals surface area contributed by atoms with Crippen LogP contribution in [0.15, 0.2) is 16.6 Å². The van der Waals surface area contributed by atoms with Crippen LogP contribution in [0.2, 0.25) is 0 Å². The third-order valence-electron chi connectivity index (χ3n) is 3.87. The Morgan fingerprint density at radius 1 is 1.38 bits per heavy atom. The molecule has 1 aromatic carbocycles. The zero-order chi connectivity index (χ0) is 15.6. The number of nitrogens with two attached hydrogens (primary N) is 1. The maximum atomic E-state index is 6.47. The van der Waals surface area contributed by atoms with Gasteiger partial charge in [0.25, 0.3) is 0 Å². The summed E-state index contributed by atoms with van der Waals surface area (Å²) in [6.07, 6.45) is 1.77. The molecule has 0 aromatic heterocycles. The Labute approximate surface area is 136 Å². The molecule has 1 heterocycles. The van der Waals surface area contributed by atoms with E-state index >= 15 is 0 Å². The van der Waals surface area contributed by atoms with Crippen LogP contribution in [0.5, 0.6) is 5.75 Å². The summed E-state index contributed by atoms with van der Waals surface area (Å²) in [4.78, 5) is 0. The third-order valence-corrected chi connectivity index (χ3v) is 4.33. The molecule has 0 saturated heterocycles. The zero-order valence-electron chi connectivity index (χ0n) is 13.4. The van der Waals surface area contributed by atoms with Gasteiger partial charge < -0.3 is 15.2 Å². The predicted molar refractivity (Wildman–Crippen MR) is 89.9 cm³/mol. The topological polar surface area (TPSA) is 44.5 Å². The molecule has 2 rings (SSSR count). The summed E-state index contributed by atoms with van der Waals surface area (Å²) >= 11 is 3.59. The van der Waals surface area contributed by atoms with Gasteiger partial charge in [0.05, 0.1) is 12.7 Å². The number of fused-ring (bicyclic) bond motifs is 1. The molecule has 118 valence electrons. The monoisotopic (exact) mass is 355 g/mol. The average molecular weight is 356 g/mol. The molecule has 2 N–H and O–H groups in total. The number of hydrogen-bond acceptors (Lipinski definition) is 3. The molecule has 0 saturated carbocycles. The molecule has 2 atom stereocenters. The van der Waals surface area contributed by atoms with E-state index in [9.17, 15) is 0 Å². The molecule has 0 aliphatic carbocycles. The standard InChI is InChI=1S/C17H26BrNO2/c1-5-20-16(17(2,3)4)14(19)10-12-9-13(18)8-11-6-7-21-15(11)12/h8-9,14,16H,5-7,10,19H2,1-4H3. The van der Waals surface area contributed by atoms with E-state index < -0.39 is 0 Å². The first-order valence-electron chi connectivity index (χ1n) is 7.64. The minimum absolute atomic E-state index is 0.0193. The van der Waals surface area contributed by atoms with Gasteiger partial charge in [-0.05, 0) is 42.0 Å². The highest BCUT2D eigenvalue weighted by atomic mass is 79.9. The van der Waals surface area contributed by atoms with Gasteiger partial charge in [-0.25, -0.2) is 0 Å². The lowest BCUT2D eigenvalue weighted by Gasteiger charge is -2.35. The minimum atomic E-state index is -0.0486. The van der Waals surface area contributed by atoms with Crippen molar-refractivity contribution in [2.75, 3.05) is 13.2 Å². The summed E-state index contributed by atoms with van der Waals surface area (Å²) in [6, 6.07) is 4.21. The Hall–Kier alpha value is -0.580. The van der Waals surface area contributed by atoms with E-state index in [2.05, 4.69) is 48.8 Å². The van der Waals surface area contributed by atoms with Gasteiger partial charge in [0.1, 0.15) is 5.75 Å². The number of benzene rings is 1. The van der Waals surface area contributed by atoms with E-state index in [1.165, 1.54) is 11.1 Å². The summed E-state index contributed by atoms with van der Waals surface area (Å²) in [6.45, 7) is 10.00. The fourth-order valence-corrected chi connectivity index (χ4v) is 3.61. The lowest BCUT2D eigenvalue weighted by Crippen LogP contribution is -2.46. The van der Waals surface area contributed by atoms with Crippen LogP contribution in [-0.2, 0) is 17.6 Å². The number of rotatable bonds is 5. The van der Waals surface area contributed by atoms with Crippen LogP contribution in [0.25, 0.3) is 0 Å². The summed E-state index contributed by atoms with van der Waals surface area (Å²) in [5.74, 6) is 1.03. The molecule has 1 aliphatic heterocycles. The Morgan fingerprint density at radius 3 is 2.71 bits per heavy atom. The lowest BCUT2D eigenvalue weighted by molar-refractivity contribution is -0.0275. The molecular formula is C17H26BrNO2. The van der Waals surface area contributed by atoms with Crippen molar-refractivity contribution in [1.29, 1.82) is 0 Å². The van der Waals surface area contributed by atoms with E-state index in [1.807, 2.05) is 6.92 Å². The minimum Gasteiger partial charge on any atom is -0.493 e. The van der Waals surface area contributed by atoms with Gasteiger partial charge in [-0.2, -0.15) is 0 Å². The predicted octanol–water partition coefficient (Wildman–Crippen LogP) is 3.71. The Morgan fingerprint density at radius 2 is 2.10 bits per heavy atom. The van der Waals surface area contributed by atoms with Gasteiger partial charge in [0.15, 0.2) is 0 Å². The lowest BCUT2D eigenvalue weighted by atomic mass is 9.82. The fourth-order valence-electron chi connectivity index (χ4n) is 3.05. The molecule has 0 amide bonds. The normalized spacial score (nSPS) is 17.2. The summed E-state index contributed by atoms with van der Waals surface area (Å²) < 4.78 is 12.8. The van der Waals surface area contributed by atoms with E-state index in [0.717, 1.165) is 29.7 Å². The molecule has 0 fully saturated rings. The van der Waals surface area contributed by atoms with Crippen molar-refractivity contribution in [3.63, 3.8) is 0 Å². The van der Waals surface area contributed by atoms with Crippen molar-refractivity contribution in [1.82, 2.24) is 0 Å². The molecule has 21 heavy (non-hydrogen) atoms. The molecule has 4 heteroatoms. The molecule has 1 aromatic rings. The van der Waals surface area contributed by atoms with Crippen molar-refractivity contribution >= 4 is 15.9 Å². The Balaban J connectivity index is 2.21. The first-order valence-corrected chi connectivity index (χ1v) is 8.43. The maximum absolute atomic E-state index is 6.47. The smallest absolute Gasteiger partial charge is 0.125 e. The second-order valence-corrected chi connectivity index (χ2v) is 7.68. The van der Waals surface area contributed by atoms with Crippen molar-refractivity contribution in [2.24, 2.45) is 11.1 Å². The SMILES string of the molecule is CCOC(C(N)Cc1cc(Br)cc2c1OCC2)C(C)(C)C. The van der Waals surface area contributed by atoms with Crippen molar-refractivity contribution in [3.8, 4) is 5.75 Å². The number of ether oxygens (including phenoxy) is 2. The first-order chi connectivity index (χ1) is 9.82. The third kappa shape index (κ3) is 3.99. The Bertz CT molecular complexity index is 496. The van der Waals surface area contributed by atoms with Crippen LogP contribution >= 0.6 is 15.9 Å². The van der Waals surface area contributed by atoms with Gasteiger partial charge in [0.2, 0.25) is 0 Å². The van der Waals surface area contributed by atoms with Crippen LogP contribution in [0.3, 0.4) is 0 Å². The van der Waals surface area contributed by atoms with Gasteiger partial charge in [0, 0.05) is 23.5 Å². The average Bonchev–Trinajstić information content (AvgIpc) is 2.82. The van der Waals surface area contributed by atoms with E-state index in [0.29, 0.717) is 6.61 Å². The summed E-state index contributed by atoms with van der Waals surface area (Å²) in [7, 11) is 0. The van der Waals surface area contributed by atoms with Crippen LogP contribution in [0.1, 0.15) is 38.8 Å². The van der Waals surface area contributed by atoms with Gasteiger partial charge in [-0.3, -0.25) is 0 Å². The second-order valence-electron chi connectivity index (χ2n) is 6.76. The number of hydrogen-bond donors (Lipinski definition) is 1. The van der Waals surface area contributed by atoms with Gasteiger partial charge >= 0.3 is 0 Å². The largest absolute Gasteiger partial charge is 0.493 e. The molecule has 0 radical (unpaired) electrons. The molecule has 2 unspecified atom stereocenters. The number of halogens is 1. The second kappa shape index (κ2) is 6.67. The quantitative estimate of drug-likeness (QED) is 0.875. The summed E-state index contributed by atoms with van der Waals surface area (Å²) in [5.41, 5.74) is 8.94. The molecular weight excluding hydrogens is 330 g/mol. The van der Waals surface area contributed by atoms with E-state index in [-0.39, 0.29) is 17.6 Å². The maximum Gasteiger partial charge on any atom is 0.125 e. The van der Waals surface area contributed by atoms with Crippen molar-refractivity contribution < 1.29 is 9.47 Å². The van der Waals surface area contributed by atoms with Crippen molar-refractivity contribution in [3.05, 3.63) is 27.7 Å². The zero-order valence-corrected chi connectivity index (χ0v) is 15.0. The van der Waals surface area contributed by atoms with E-state index in [1.54, 1.807) is 0 Å². The van der Waals surface area contributed by atoms with Crippen LogP contribution < -0.4 is 10.5 Å². The molecule has 0 bridgehead atoms. The molecule has 3 nitrogen and oxygen atoms in total. The van der Waals surface area contributed by atoms with Crippen LogP contribution in [0, 0.1) is 5.41 Å². The highest BCUT2D eigenvalue weighted by molar-refractivity contribution is 9.10. The Kier molecular flexibility index (Phi) is 5.33. The molecule has 0 spiro atoms. The summed E-state index contributed by atoms with van der Waals surface area (Å²) in [5, 5.41) is 0. The van der Waals surface area contributed by atoms with E-state index in [4.69, 9.17) is 15.2 Å². The highest BCUT2D eigenvalue weighted by Gasteiger charge is 2.32. The first kappa shape index (κ1) is 16.8. The highest BCUT2D eigenvalue weighted by Crippen LogP contribution is 2.35. The fraction of sp³-hybridized carbons (Fsp3) is 0.647. The van der Waals surface area contributed by atoms with Crippen LogP contribution in [0.4, 0.5) is 0 Å².